The highest BCUT2D eigenvalue weighted by Gasteiger charge is 2.06. The fourth-order valence-electron chi connectivity index (χ4n) is 1.75. The summed E-state index contributed by atoms with van der Waals surface area (Å²) in [5.41, 5.74) is 0.909. The Morgan fingerprint density at radius 1 is 1.48 bits per heavy atom. The second-order valence-corrected chi connectivity index (χ2v) is 5.32. The van der Waals surface area contributed by atoms with Gasteiger partial charge in [-0.15, -0.1) is 11.3 Å². The zero-order valence-electron chi connectivity index (χ0n) is 12.2. The van der Waals surface area contributed by atoms with E-state index in [-0.39, 0.29) is 5.97 Å². The first-order valence-electron chi connectivity index (χ1n) is 6.85. The molecule has 2 aromatic rings. The number of aromatic nitrogens is 4. The summed E-state index contributed by atoms with van der Waals surface area (Å²) in [6.07, 6.45) is 3.42. The molecule has 0 atom stereocenters. The summed E-state index contributed by atoms with van der Waals surface area (Å²) < 4.78 is 6.58. The van der Waals surface area contributed by atoms with Crippen molar-refractivity contribution in [3.63, 3.8) is 0 Å². The van der Waals surface area contributed by atoms with Crippen LogP contribution in [0.1, 0.15) is 24.9 Å². The Balaban J connectivity index is 1.71. The van der Waals surface area contributed by atoms with E-state index in [1.54, 1.807) is 17.9 Å². The fourth-order valence-corrected chi connectivity index (χ4v) is 2.52. The van der Waals surface area contributed by atoms with Crippen LogP contribution in [-0.4, -0.2) is 38.9 Å². The molecule has 2 rings (SSSR count). The minimum Gasteiger partial charge on any atom is -0.466 e. The number of hydrogen-bond donors (Lipinski definition) is 1. The van der Waals surface area contributed by atoms with Gasteiger partial charge in [0.05, 0.1) is 18.7 Å². The lowest BCUT2D eigenvalue weighted by Gasteiger charge is -2.00. The van der Waals surface area contributed by atoms with Crippen molar-refractivity contribution in [2.75, 3.05) is 18.5 Å². The Morgan fingerprint density at radius 3 is 3.05 bits per heavy atom. The quantitative estimate of drug-likeness (QED) is 0.743. The molecule has 0 spiro atoms. The van der Waals surface area contributed by atoms with Gasteiger partial charge in [0, 0.05) is 31.8 Å². The number of carbonyl (C=O) groups is 1. The molecule has 1 N–H and O–H groups in total. The molecule has 0 aromatic carbocycles. The summed E-state index contributed by atoms with van der Waals surface area (Å²) in [7, 11) is 1.85. The first-order chi connectivity index (χ1) is 10.2. The van der Waals surface area contributed by atoms with Crippen LogP contribution in [0.4, 0.5) is 5.13 Å². The maximum Gasteiger partial charge on any atom is 0.306 e. The molecule has 0 fully saturated rings. The standard InChI is InChI=1S/C13H19N5O2S/c1-3-20-12(19)5-4-10-8-21-13(16-10)14-7-6-11-15-9-18(2)17-11/h8-9H,3-7H2,1-2H3,(H,14,16). The van der Waals surface area contributed by atoms with Gasteiger partial charge in [0.2, 0.25) is 0 Å². The van der Waals surface area contributed by atoms with E-state index in [0.717, 1.165) is 29.6 Å². The van der Waals surface area contributed by atoms with Crippen molar-refractivity contribution in [2.24, 2.45) is 7.05 Å². The highest BCUT2D eigenvalue weighted by atomic mass is 32.1. The second kappa shape index (κ2) is 7.72. The minimum absolute atomic E-state index is 0.179. The highest BCUT2D eigenvalue weighted by molar-refractivity contribution is 7.13. The van der Waals surface area contributed by atoms with Crippen LogP contribution in [-0.2, 0) is 29.4 Å². The number of aryl methyl sites for hydroxylation is 2. The summed E-state index contributed by atoms with van der Waals surface area (Å²) in [6.45, 7) is 2.96. The van der Waals surface area contributed by atoms with Gasteiger partial charge in [-0.3, -0.25) is 9.48 Å². The minimum atomic E-state index is -0.179. The topological polar surface area (TPSA) is 81.9 Å². The molecule has 2 heterocycles. The number of carbonyl (C=O) groups excluding carboxylic acids is 1. The number of nitrogens with one attached hydrogen (secondary N) is 1. The molecule has 0 radical (unpaired) electrons. The Hall–Kier alpha value is -1.96. The Kier molecular flexibility index (Phi) is 5.68. The zero-order chi connectivity index (χ0) is 15.1. The van der Waals surface area contributed by atoms with Gasteiger partial charge in [0.25, 0.3) is 0 Å². The van der Waals surface area contributed by atoms with Crippen LogP contribution in [0.5, 0.6) is 0 Å². The molecule has 0 bridgehead atoms. The molecule has 21 heavy (non-hydrogen) atoms. The smallest absolute Gasteiger partial charge is 0.306 e. The third kappa shape index (κ3) is 5.14. The molecule has 8 heteroatoms. The second-order valence-electron chi connectivity index (χ2n) is 4.46. The summed E-state index contributed by atoms with van der Waals surface area (Å²) in [5, 5.41) is 10.3. The third-order valence-corrected chi connectivity index (χ3v) is 3.56. The van der Waals surface area contributed by atoms with E-state index in [9.17, 15) is 4.79 Å². The van der Waals surface area contributed by atoms with Crippen molar-refractivity contribution in [3.05, 3.63) is 23.2 Å². The third-order valence-electron chi connectivity index (χ3n) is 2.71. The number of ether oxygens (including phenoxy) is 1. The first kappa shape index (κ1) is 15.4. The van der Waals surface area contributed by atoms with Crippen LogP contribution < -0.4 is 5.32 Å². The molecule has 2 aromatic heterocycles. The van der Waals surface area contributed by atoms with Crippen LogP contribution in [0.3, 0.4) is 0 Å². The van der Waals surface area contributed by atoms with Crippen molar-refractivity contribution in [1.82, 2.24) is 19.7 Å². The lowest BCUT2D eigenvalue weighted by Crippen LogP contribution is -2.07. The first-order valence-corrected chi connectivity index (χ1v) is 7.73. The van der Waals surface area contributed by atoms with Crippen molar-refractivity contribution >= 4 is 22.4 Å². The number of esters is 1. The van der Waals surface area contributed by atoms with E-state index in [1.165, 1.54) is 11.3 Å². The van der Waals surface area contributed by atoms with E-state index < -0.39 is 0 Å². The maximum atomic E-state index is 11.3. The lowest BCUT2D eigenvalue weighted by atomic mass is 10.2. The normalized spacial score (nSPS) is 10.6. The van der Waals surface area contributed by atoms with E-state index in [0.29, 0.717) is 19.4 Å². The van der Waals surface area contributed by atoms with Crippen LogP contribution in [0.2, 0.25) is 0 Å². The summed E-state index contributed by atoms with van der Waals surface area (Å²) in [6, 6.07) is 0. The molecule has 0 aliphatic heterocycles. The molecule has 114 valence electrons. The van der Waals surface area contributed by atoms with Crippen LogP contribution in [0, 0.1) is 0 Å². The molecule has 0 aliphatic rings. The van der Waals surface area contributed by atoms with E-state index in [4.69, 9.17) is 4.74 Å². The van der Waals surface area contributed by atoms with Crippen LogP contribution in [0.15, 0.2) is 11.7 Å². The van der Waals surface area contributed by atoms with Crippen molar-refractivity contribution in [2.45, 2.75) is 26.2 Å². The Labute approximate surface area is 127 Å². The lowest BCUT2D eigenvalue weighted by molar-refractivity contribution is -0.143. The molecule has 7 nitrogen and oxygen atoms in total. The zero-order valence-corrected chi connectivity index (χ0v) is 13.0. The summed E-state index contributed by atoms with van der Waals surface area (Å²) >= 11 is 1.53. The van der Waals surface area contributed by atoms with Gasteiger partial charge in [0.1, 0.15) is 6.33 Å². The van der Waals surface area contributed by atoms with E-state index in [2.05, 4.69) is 20.4 Å². The van der Waals surface area contributed by atoms with Gasteiger partial charge >= 0.3 is 5.97 Å². The fraction of sp³-hybridized carbons (Fsp3) is 0.538. The van der Waals surface area contributed by atoms with Crippen LogP contribution >= 0.6 is 11.3 Å². The maximum absolute atomic E-state index is 11.3. The number of rotatable bonds is 8. The van der Waals surface area contributed by atoms with Gasteiger partial charge in [-0.25, -0.2) is 9.97 Å². The average molecular weight is 309 g/mol. The largest absolute Gasteiger partial charge is 0.466 e. The van der Waals surface area contributed by atoms with Crippen molar-refractivity contribution in [3.8, 4) is 0 Å². The van der Waals surface area contributed by atoms with Gasteiger partial charge in [-0.05, 0) is 6.92 Å². The molecular weight excluding hydrogens is 290 g/mol. The van der Waals surface area contributed by atoms with E-state index in [1.807, 2.05) is 12.4 Å². The van der Waals surface area contributed by atoms with E-state index >= 15 is 0 Å². The van der Waals surface area contributed by atoms with Gasteiger partial charge in [-0.2, -0.15) is 5.10 Å². The number of nitrogens with zero attached hydrogens (tertiary/aromatic N) is 4. The Bertz CT molecular complexity index is 581. The van der Waals surface area contributed by atoms with Gasteiger partial charge < -0.3 is 10.1 Å². The predicted molar refractivity (Wildman–Crippen MR) is 80.3 cm³/mol. The molecule has 0 saturated heterocycles. The predicted octanol–water partition coefficient (Wildman–Crippen LogP) is 1.42. The number of thiazole rings is 1. The highest BCUT2D eigenvalue weighted by Crippen LogP contribution is 2.16. The van der Waals surface area contributed by atoms with Crippen molar-refractivity contribution < 1.29 is 9.53 Å². The summed E-state index contributed by atoms with van der Waals surface area (Å²) in [4.78, 5) is 19.9. The molecule has 0 amide bonds. The summed E-state index contributed by atoms with van der Waals surface area (Å²) in [5.74, 6) is 0.630. The monoisotopic (exact) mass is 309 g/mol. The van der Waals surface area contributed by atoms with Gasteiger partial charge in [0.15, 0.2) is 11.0 Å². The molecule has 0 saturated carbocycles. The van der Waals surface area contributed by atoms with Gasteiger partial charge in [-0.1, -0.05) is 0 Å². The molecular formula is C13H19N5O2S. The molecule has 0 aliphatic carbocycles. The van der Waals surface area contributed by atoms with Crippen LogP contribution in [0.25, 0.3) is 0 Å². The number of hydrogen-bond acceptors (Lipinski definition) is 7. The average Bonchev–Trinajstić information content (AvgIpc) is 3.06. The Morgan fingerprint density at radius 2 is 2.33 bits per heavy atom. The SMILES string of the molecule is CCOC(=O)CCc1csc(NCCc2ncn(C)n2)n1. The number of anilines is 1. The van der Waals surface area contributed by atoms with Crippen molar-refractivity contribution in [1.29, 1.82) is 0 Å². The molecule has 0 unspecified atom stereocenters.